The van der Waals surface area contributed by atoms with Crippen molar-refractivity contribution in [1.82, 2.24) is 14.7 Å². The average molecular weight is 270 g/mol. The number of fused-ring (bicyclic) bond motifs is 1. The molecule has 2 heterocycles. The van der Waals surface area contributed by atoms with Crippen molar-refractivity contribution in [3.63, 3.8) is 0 Å². The minimum Gasteiger partial charge on any atom is -0.399 e. The van der Waals surface area contributed by atoms with Crippen LogP contribution in [0.4, 0.5) is 5.69 Å². The van der Waals surface area contributed by atoms with Gasteiger partial charge in [0.15, 0.2) is 0 Å². The van der Waals surface area contributed by atoms with E-state index in [-0.39, 0.29) is 5.91 Å². The van der Waals surface area contributed by atoms with Crippen LogP contribution < -0.4 is 5.73 Å². The molecule has 5 nitrogen and oxygen atoms in total. The number of anilines is 1. The van der Waals surface area contributed by atoms with Gasteiger partial charge >= 0.3 is 0 Å². The molecule has 1 aromatic carbocycles. The summed E-state index contributed by atoms with van der Waals surface area (Å²) in [5.41, 5.74) is 10.4. The van der Waals surface area contributed by atoms with E-state index in [1.807, 2.05) is 43.1 Å². The Labute approximate surface area is 118 Å². The fourth-order valence-corrected chi connectivity index (χ4v) is 2.62. The fraction of sp³-hybridized carbons (Fsp3) is 0.333. The first kappa shape index (κ1) is 12.7. The summed E-state index contributed by atoms with van der Waals surface area (Å²) in [7, 11) is 1.81. The molecule has 2 N–H and O–H groups in total. The van der Waals surface area contributed by atoms with Crippen molar-refractivity contribution >= 4 is 11.6 Å². The number of carbonyl (C=O) groups excluding carboxylic acids is 1. The highest BCUT2D eigenvalue weighted by Gasteiger charge is 2.26. The summed E-state index contributed by atoms with van der Waals surface area (Å²) in [6, 6.07) is 7.70. The number of nitrogens with zero attached hydrogens (tertiary/aromatic N) is 3. The number of nitrogen functional groups attached to an aromatic ring is 1. The lowest BCUT2D eigenvalue weighted by molar-refractivity contribution is 0.0740. The van der Waals surface area contributed by atoms with Crippen molar-refractivity contribution in [2.45, 2.75) is 26.4 Å². The van der Waals surface area contributed by atoms with E-state index in [4.69, 9.17) is 5.73 Å². The van der Waals surface area contributed by atoms with Crippen molar-refractivity contribution in [2.24, 2.45) is 7.05 Å². The van der Waals surface area contributed by atoms with E-state index in [1.165, 1.54) is 5.56 Å². The Hall–Kier alpha value is -2.30. The molecule has 0 radical (unpaired) electrons. The number of aryl methyl sites for hydroxylation is 2. The Kier molecular flexibility index (Phi) is 2.97. The normalized spacial score (nSPS) is 13.6. The van der Waals surface area contributed by atoms with Crippen LogP contribution in [0, 0.1) is 0 Å². The SMILES string of the molecule is CCc1cc(C(=O)N2Cc3ccc(N)cc3C2)n(C)n1. The molecule has 104 valence electrons. The Balaban J connectivity index is 1.85. The predicted octanol–water partition coefficient (Wildman–Crippen LogP) is 1.72. The second-order valence-corrected chi connectivity index (χ2v) is 5.19. The Morgan fingerprint density at radius 2 is 2.05 bits per heavy atom. The zero-order valence-corrected chi connectivity index (χ0v) is 11.8. The molecule has 1 amide bonds. The van der Waals surface area contributed by atoms with Crippen molar-refractivity contribution in [3.05, 3.63) is 46.8 Å². The highest BCUT2D eigenvalue weighted by molar-refractivity contribution is 5.93. The number of aromatic nitrogens is 2. The van der Waals surface area contributed by atoms with Crippen LogP contribution in [0.1, 0.15) is 34.2 Å². The van der Waals surface area contributed by atoms with Gasteiger partial charge in [-0.1, -0.05) is 13.0 Å². The first-order valence-corrected chi connectivity index (χ1v) is 6.78. The number of benzene rings is 1. The van der Waals surface area contributed by atoms with Gasteiger partial charge in [0.1, 0.15) is 5.69 Å². The van der Waals surface area contributed by atoms with E-state index in [1.54, 1.807) is 4.68 Å². The lowest BCUT2D eigenvalue weighted by Crippen LogP contribution is -2.27. The average Bonchev–Trinajstić information content (AvgIpc) is 3.00. The summed E-state index contributed by atoms with van der Waals surface area (Å²) in [5, 5.41) is 4.33. The lowest BCUT2D eigenvalue weighted by Gasteiger charge is -2.15. The van der Waals surface area contributed by atoms with Gasteiger partial charge in [-0.25, -0.2) is 0 Å². The summed E-state index contributed by atoms with van der Waals surface area (Å²) in [5.74, 6) is 0.0227. The van der Waals surface area contributed by atoms with Gasteiger partial charge in [0, 0.05) is 25.8 Å². The van der Waals surface area contributed by atoms with Gasteiger partial charge in [-0.3, -0.25) is 9.48 Å². The molecule has 2 aromatic rings. The topological polar surface area (TPSA) is 64.2 Å². The van der Waals surface area contributed by atoms with Crippen LogP contribution in [0.2, 0.25) is 0 Å². The van der Waals surface area contributed by atoms with Gasteiger partial charge in [0.05, 0.1) is 5.69 Å². The number of carbonyl (C=O) groups is 1. The maximum Gasteiger partial charge on any atom is 0.272 e. The van der Waals surface area contributed by atoms with Crippen molar-refractivity contribution in [1.29, 1.82) is 0 Å². The number of hydrogen-bond acceptors (Lipinski definition) is 3. The molecule has 5 heteroatoms. The number of hydrogen-bond donors (Lipinski definition) is 1. The summed E-state index contributed by atoms with van der Waals surface area (Å²) < 4.78 is 1.67. The second-order valence-electron chi connectivity index (χ2n) is 5.19. The molecule has 3 rings (SSSR count). The quantitative estimate of drug-likeness (QED) is 0.845. The maximum absolute atomic E-state index is 12.6. The molecular weight excluding hydrogens is 252 g/mol. The summed E-state index contributed by atoms with van der Waals surface area (Å²) in [6.45, 7) is 3.29. The van der Waals surface area contributed by atoms with Crippen LogP contribution in [0.3, 0.4) is 0 Å². The van der Waals surface area contributed by atoms with Crippen LogP contribution in [0.25, 0.3) is 0 Å². The van der Waals surface area contributed by atoms with E-state index in [0.717, 1.165) is 23.4 Å². The Morgan fingerprint density at radius 3 is 2.75 bits per heavy atom. The Bertz CT molecular complexity index is 675. The van der Waals surface area contributed by atoms with Crippen molar-refractivity contribution in [3.8, 4) is 0 Å². The molecule has 0 unspecified atom stereocenters. The van der Waals surface area contributed by atoms with Gasteiger partial charge in [-0.05, 0) is 35.7 Å². The predicted molar refractivity (Wildman–Crippen MR) is 77.0 cm³/mol. The lowest BCUT2D eigenvalue weighted by atomic mass is 10.1. The number of rotatable bonds is 2. The molecule has 0 saturated heterocycles. The molecule has 0 saturated carbocycles. The van der Waals surface area contributed by atoms with E-state index >= 15 is 0 Å². The van der Waals surface area contributed by atoms with Gasteiger partial charge in [-0.2, -0.15) is 5.10 Å². The van der Waals surface area contributed by atoms with Crippen LogP contribution in [-0.2, 0) is 26.6 Å². The van der Waals surface area contributed by atoms with Crippen molar-refractivity contribution < 1.29 is 4.79 Å². The van der Waals surface area contributed by atoms with E-state index in [2.05, 4.69) is 5.10 Å². The van der Waals surface area contributed by atoms with Gasteiger partial charge in [0.2, 0.25) is 0 Å². The first-order valence-electron chi connectivity index (χ1n) is 6.78. The molecule has 0 fully saturated rings. The highest BCUT2D eigenvalue weighted by Crippen LogP contribution is 2.26. The molecule has 1 aliphatic heterocycles. The molecular formula is C15H18N4O. The number of nitrogens with two attached hydrogens (primary N) is 1. The third-order valence-electron chi connectivity index (χ3n) is 3.75. The van der Waals surface area contributed by atoms with Crippen molar-refractivity contribution in [2.75, 3.05) is 5.73 Å². The largest absolute Gasteiger partial charge is 0.399 e. The van der Waals surface area contributed by atoms with Crippen LogP contribution >= 0.6 is 0 Å². The minimum absolute atomic E-state index is 0.0227. The third kappa shape index (κ3) is 2.05. The fourth-order valence-electron chi connectivity index (χ4n) is 2.62. The molecule has 20 heavy (non-hydrogen) atoms. The molecule has 1 aliphatic rings. The summed E-state index contributed by atoms with van der Waals surface area (Å²) >= 11 is 0. The zero-order valence-electron chi connectivity index (χ0n) is 11.8. The summed E-state index contributed by atoms with van der Waals surface area (Å²) in [6.07, 6.45) is 0.831. The molecule has 1 aromatic heterocycles. The number of amides is 1. The van der Waals surface area contributed by atoms with Crippen LogP contribution in [0.5, 0.6) is 0 Å². The van der Waals surface area contributed by atoms with Gasteiger partial charge in [-0.15, -0.1) is 0 Å². The Morgan fingerprint density at radius 1 is 1.30 bits per heavy atom. The molecule has 0 spiro atoms. The van der Waals surface area contributed by atoms with E-state index in [9.17, 15) is 4.79 Å². The molecule has 0 bridgehead atoms. The monoisotopic (exact) mass is 270 g/mol. The smallest absolute Gasteiger partial charge is 0.272 e. The summed E-state index contributed by atoms with van der Waals surface area (Å²) in [4.78, 5) is 14.4. The van der Waals surface area contributed by atoms with E-state index in [0.29, 0.717) is 18.8 Å². The highest BCUT2D eigenvalue weighted by atomic mass is 16.2. The maximum atomic E-state index is 12.6. The third-order valence-corrected chi connectivity index (χ3v) is 3.75. The molecule has 0 atom stereocenters. The zero-order chi connectivity index (χ0) is 14.3. The van der Waals surface area contributed by atoms with Crippen LogP contribution in [0.15, 0.2) is 24.3 Å². The molecule has 0 aliphatic carbocycles. The van der Waals surface area contributed by atoms with Crippen LogP contribution in [-0.4, -0.2) is 20.6 Å². The second kappa shape index (κ2) is 4.67. The minimum atomic E-state index is 0.0227. The first-order chi connectivity index (χ1) is 9.58. The van der Waals surface area contributed by atoms with Gasteiger partial charge in [0.25, 0.3) is 5.91 Å². The van der Waals surface area contributed by atoms with Gasteiger partial charge < -0.3 is 10.6 Å². The standard InChI is InChI=1S/C15H18N4O/c1-3-13-7-14(18(2)17-13)15(20)19-8-10-4-5-12(16)6-11(10)9-19/h4-7H,3,8-9,16H2,1-2H3. The van der Waals surface area contributed by atoms with E-state index < -0.39 is 0 Å².